The van der Waals surface area contributed by atoms with Gasteiger partial charge in [-0.1, -0.05) is 52.4 Å². The molecule has 0 aromatic rings. The lowest BCUT2D eigenvalue weighted by Gasteiger charge is -2.20. The average molecular weight is 273 g/mol. The van der Waals surface area contributed by atoms with Crippen molar-refractivity contribution < 1.29 is 0 Å². The summed E-state index contributed by atoms with van der Waals surface area (Å²) in [6.45, 7) is 8.90. The Hall–Kier alpha value is -0.310. The van der Waals surface area contributed by atoms with E-state index in [4.69, 9.17) is 12.2 Å². The summed E-state index contributed by atoms with van der Waals surface area (Å²) in [6.07, 6.45) is 10.2. The van der Waals surface area contributed by atoms with E-state index in [0.29, 0.717) is 12.1 Å². The summed E-state index contributed by atoms with van der Waals surface area (Å²) in [5, 5.41) is 7.57. The Morgan fingerprint density at radius 1 is 0.833 bits per heavy atom. The summed E-state index contributed by atoms with van der Waals surface area (Å²) in [5.41, 5.74) is 0. The van der Waals surface area contributed by atoms with Crippen LogP contribution in [0.1, 0.15) is 79.1 Å². The van der Waals surface area contributed by atoms with Crippen molar-refractivity contribution in [2.75, 3.05) is 0 Å². The van der Waals surface area contributed by atoms with E-state index in [-0.39, 0.29) is 0 Å². The van der Waals surface area contributed by atoms with E-state index in [0.717, 1.165) is 5.11 Å². The highest BCUT2D eigenvalue weighted by atomic mass is 32.1. The predicted molar refractivity (Wildman–Crippen MR) is 86.1 cm³/mol. The van der Waals surface area contributed by atoms with E-state index in [2.05, 4.69) is 38.3 Å². The maximum Gasteiger partial charge on any atom is 0.166 e. The zero-order valence-electron chi connectivity index (χ0n) is 12.7. The minimum Gasteiger partial charge on any atom is -0.360 e. The lowest BCUT2D eigenvalue weighted by Crippen LogP contribution is -2.44. The van der Waals surface area contributed by atoms with Crippen molar-refractivity contribution in [1.29, 1.82) is 0 Å². The van der Waals surface area contributed by atoms with Crippen molar-refractivity contribution in [3.05, 3.63) is 0 Å². The van der Waals surface area contributed by atoms with Gasteiger partial charge in [-0.15, -0.1) is 0 Å². The molecule has 0 aliphatic heterocycles. The van der Waals surface area contributed by atoms with Crippen LogP contribution in [0.3, 0.4) is 0 Å². The van der Waals surface area contributed by atoms with Crippen molar-refractivity contribution in [3.8, 4) is 0 Å². The molecule has 0 rings (SSSR count). The molecule has 0 aliphatic carbocycles. The van der Waals surface area contributed by atoms with E-state index in [1.165, 1.54) is 51.4 Å². The third kappa shape index (κ3) is 10.8. The van der Waals surface area contributed by atoms with Crippen molar-refractivity contribution >= 4 is 17.3 Å². The summed E-state index contributed by atoms with van der Waals surface area (Å²) in [4.78, 5) is 0. The number of hydrogen-bond donors (Lipinski definition) is 2. The molecular weight excluding hydrogens is 240 g/mol. The van der Waals surface area contributed by atoms with Gasteiger partial charge >= 0.3 is 0 Å². The van der Waals surface area contributed by atoms with E-state index in [1.807, 2.05) is 0 Å². The summed E-state index contributed by atoms with van der Waals surface area (Å²) in [6, 6.07) is 0.970. The normalized spacial score (nSPS) is 14.0. The van der Waals surface area contributed by atoms with Gasteiger partial charge < -0.3 is 10.6 Å². The average Bonchev–Trinajstić information content (AvgIpc) is 2.31. The molecule has 3 heteroatoms. The fourth-order valence-electron chi connectivity index (χ4n) is 2.02. The highest BCUT2D eigenvalue weighted by Crippen LogP contribution is 2.05. The van der Waals surface area contributed by atoms with Gasteiger partial charge in [-0.25, -0.2) is 0 Å². The molecule has 0 bridgehead atoms. The highest BCUT2D eigenvalue weighted by molar-refractivity contribution is 7.80. The van der Waals surface area contributed by atoms with Crippen molar-refractivity contribution in [3.63, 3.8) is 0 Å². The minimum absolute atomic E-state index is 0.484. The number of hydrogen-bond acceptors (Lipinski definition) is 1. The second-order valence-corrected chi connectivity index (χ2v) is 5.82. The molecule has 0 fully saturated rings. The third-order valence-corrected chi connectivity index (χ3v) is 3.47. The van der Waals surface area contributed by atoms with Crippen LogP contribution in [-0.4, -0.2) is 17.2 Å². The Morgan fingerprint density at radius 3 is 1.83 bits per heavy atom. The van der Waals surface area contributed by atoms with Crippen LogP contribution >= 0.6 is 12.2 Å². The molecule has 0 radical (unpaired) electrons. The fraction of sp³-hybridized carbons (Fsp3) is 0.933. The molecule has 0 amide bonds. The molecule has 2 unspecified atom stereocenters. The second-order valence-electron chi connectivity index (χ2n) is 5.41. The number of unbranched alkanes of at least 4 members (excludes halogenated alkanes) is 4. The molecular formula is C15H32N2S. The molecule has 0 heterocycles. The van der Waals surface area contributed by atoms with Crippen LogP contribution in [-0.2, 0) is 0 Å². The first-order valence-corrected chi connectivity index (χ1v) is 8.08. The van der Waals surface area contributed by atoms with Crippen LogP contribution in [0.5, 0.6) is 0 Å². The quantitative estimate of drug-likeness (QED) is 0.455. The maximum absolute atomic E-state index is 5.34. The van der Waals surface area contributed by atoms with Crippen LogP contribution < -0.4 is 10.6 Å². The van der Waals surface area contributed by atoms with Gasteiger partial charge in [-0.05, 0) is 38.9 Å². The smallest absolute Gasteiger partial charge is 0.166 e. The molecule has 0 aromatic heterocycles. The summed E-state index contributed by atoms with van der Waals surface area (Å²) in [7, 11) is 0. The monoisotopic (exact) mass is 272 g/mol. The van der Waals surface area contributed by atoms with Gasteiger partial charge in [0, 0.05) is 12.1 Å². The number of thiocarbonyl (C=S) groups is 1. The van der Waals surface area contributed by atoms with Crippen molar-refractivity contribution in [1.82, 2.24) is 10.6 Å². The minimum atomic E-state index is 0.484. The Bertz CT molecular complexity index is 207. The summed E-state index contributed by atoms with van der Waals surface area (Å²) < 4.78 is 0. The topological polar surface area (TPSA) is 24.1 Å². The zero-order chi connectivity index (χ0) is 13.8. The Morgan fingerprint density at radius 2 is 1.33 bits per heavy atom. The van der Waals surface area contributed by atoms with Gasteiger partial charge in [0.1, 0.15) is 0 Å². The maximum atomic E-state index is 5.34. The second kappa shape index (κ2) is 11.8. The first-order valence-electron chi connectivity index (χ1n) is 7.67. The van der Waals surface area contributed by atoms with Crippen molar-refractivity contribution in [2.24, 2.45) is 0 Å². The van der Waals surface area contributed by atoms with Crippen LogP contribution in [0.2, 0.25) is 0 Å². The molecule has 0 aliphatic rings. The van der Waals surface area contributed by atoms with Crippen LogP contribution in [0.15, 0.2) is 0 Å². The standard InChI is InChI=1S/C15H32N2S/c1-5-7-9-10-12-14(4)17-15(18)16-13(3)11-8-6-2/h13-14H,5-12H2,1-4H3,(H2,16,17,18). The zero-order valence-corrected chi connectivity index (χ0v) is 13.5. The molecule has 0 saturated carbocycles. The molecule has 2 nitrogen and oxygen atoms in total. The van der Waals surface area contributed by atoms with Crippen LogP contribution in [0, 0.1) is 0 Å². The summed E-state index contributed by atoms with van der Waals surface area (Å²) >= 11 is 5.34. The lowest BCUT2D eigenvalue weighted by atomic mass is 10.1. The Kier molecular flexibility index (Phi) is 11.6. The molecule has 2 N–H and O–H groups in total. The van der Waals surface area contributed by atoms with Gasteiger partial charge in [0.2, 0.25) is 0 Å². The van der Waals surface area contributed by atoms with Crippen LogP contribution in [0.4, 0.5) is 0 Å². The molecule has 0 aromatic carbocycles. The van der Waals surface area contributed by atoms with Crippen LogP contribution in [0.25, 0.3) is 0 Å². The van der Waals surface area contributed by atoms with E-state index in [9.17, 15) is 0 Å². The Labute approximate surface area is 119 Å². The molecule has 108 valence electrons. The molecule has 2 atom stereocenters. The predicted octanol–water partition coefficient (Wildman–Crippen LogP) is 4.39. The SMILES string of the molecule is CCCCCCC(C)NC(=S)NC(C)CCCC. The van der Waals surface area contributed by atoms with Gasteiger partial charge in [0.25, 0.3) is 0 Å². The molecule has 0 spiro atoms. The van der Waals surface area contributed by atoms with Gasteiger partial charge in [0.15, 0.2) is 5.11 Å². The molecule has 18 heavy (non-hydrogen) atoms. The largest absolute Gasteiger partial charge is 0.360 e. The van der Waals surface area contributed by atoms with E-state index < -0.39 is 0 Å². The third-order valence-electron chi connectivity index (χ3n) is 3.24. The first-order chi connectivity index (χ1) is 8.60. The van der Waals surface area contributed by atoms with Gasteiger partial charge in [-0.2, -0.15) is 0 Å². The number of rotatable bonds is 10. The molecule has 0 saturated heterocycles. The summed E-state index contributed by atoms with van der Waals surface area (Å²) in [5.74, 6) is 0. The lowest BCUT2D eigenvalue weighted by molar-refractivity contribution is 0.524. The Balaban J connectivity index is 3.59. The van der Waals surface area contributed by atoms with E-state index >= 15 is 0 Å². The first kappa shape index (κ1) is 17.7. The van der Waals surface area contributed by atoms with Crippen molar-refractivity contribution in [2.45, 2.75) is 91.1 Å². The van der Waals surface area contributed by atoms with E-state index in [1.54, 1.807) is 0 Å². The fourth-order valence-corrected chi connectivity index (χ4v) is 2.42. The number of nitrogens with one attached hydrogen (secondary N) is 2. The van der Waals surface area contributed by atoms with Gasteiger partial charge in [0.05, 0.1) is 0 Å². The highest BCUT2D eigenvalue weighted by Gasteiger charge is 2.06. The van der Waals surface area contributed by atoms with Gasteiger partial charge in [-0.3, -0.25) is 0 Å².